The summed E-state index contributed by atoms with van der Waals surface area (Å²) < 4.78 is 0. The molecule has 0 radical (unpaired) electrons. The van der Waals surface area contributed by atoms with E-state index in [0.29, 0.717) is 5.69 Å². The van der Waals surface area contributed by atoms with E-state index in [0.717, 1.165) is 11.4 Å². The zero-order valence-corrected chi connectivity index (χ0v) is 13.2. The lowest BCUT2D eigenvalue weighted by Gasteiger charge is -2.25. The van der Waals surface area contributed by atoms with E-state index < -0.39 is 5.91 Å². The molecule has 5 heteroatoms. The Bertz CT molecular complexity index is 850. The summed E-state index contributed by atoms with van der Waals surface area (Å²) in [4.78, 5) is 27.5. The smallest absolute Gasteiger partial charge is 0.275 e. The van der Waals surface area contributed by atoms with E-state index >= 15 is 0 Å². The quantitative estimate of drug-likeness (QED) is 0.726. The van der Waals surface area contributed by atoms with E-state index in [1.54, 1.807) is 11.9 Å². The molecule has 2 aromatic carbocycles. The van der Waals surface area contributed by atoms with Crippen molar-refractivity contribution in [2.75, 3.05) is 5.01 Å². The maximum Gasteiger partial charge on any atom is 0.275 e. The number of carbonyl (C=O) groups excluding carboxylic acids is 1. The monoisotopic (exact) mass is 319 g/mol. The van der Waals surface area contributed by atoms with Crippen LogP contribution in [0.1, 0.15) is 16.1 Å². The molecular formula is C19H17N3O2. The molecule has 3 rings (SSSR count). The van der Waals surface area contributed by atoms with Gasteiger partial charge in [-0.3, -0.25) is 20.0 Å². The first-order valence-corrected chi connectivity index (χ1v) is 7.56. The van der Waals surface area contributed by atoms with Gasteiger partial charge in [-0.15, -0.1) is 0 Å². The zero-order chi connectivity index (χ0) is 16.9. The normalized spacial score (nSPS) is 10.2. The van der Waals surface area contributed by atoms with Gasteiger partial charge in [-0.2, -0.15) is 0 Å². The summed E-state index contributed by atoms with van der Waals surface area (Å²) >= 11 is 0. The first-order chi connectivity index (χ1) is 11.6. The molecule has 0 aliphatic heterocycles. The number of anilines is 2. The number of para-hydroxylation sites is 2. The lowest BCUT2D eigenvalue weighted by molar-refractivity contribution is 0.0952. The molecule has 0 unspecified atom stereocenters. The van der Waals surface area contributed by atoms with Gasteiger partial charge in [-0.1, -0.05) is 36.4 Å². The third-order valence-electron chi connectivity index (χ3n) is 3.54. The summed E-state index contributed by atoms with van der Waals surface area (Å²) in [5.74, 6) is -0.469. The minimum Gasteiger partial charge on any atom is -0.364 e. The number of nitrogens with zero attached hydrogens (tertiary/aromatic N) is 1. The topological polar surface area (TPSA) is 65.2 Å². The summed E-state index contributed by atoms with van der Waals surface area (Å²) in [6, 6.07) is 20.3. The van der Waals surface area contributed by atoms with Crippen molar-refractivity contribution < 1.29 is 4.79 Å². The van der Waals surface area contributed by atoms with Gasteiger partial charge in [-0.05, 0) is 31.2 Å². The highest BCUT2D eigenvalue weighted by molar-refractivity contribution is 5.95. The molecule has 0 saturated heterocycles. The number of nitrogens with one attached hydrogen (secondary N) is 2. The Balaban J connectivity index is 1.95. The molecule has 0 bridgehead atoms. The standard InChI is InChI=1S/C19H17N3O2/c1-14-12-18(23)17(13-20-14)19(24)21-22(15-8-4-2-5-9-15)16-10-6-3-7-11-16/h2-13H,1H3,(H,20,23)(H,21,24). The zero-order valence-electron chi connectivity index (χ0n) is 13.2. The van der Waals surface area contributed by atoms with Gasteiger partial charge in [0.2, 0.25) is 0 Å². The average molecular weight is 319 g/mol. The number of rotatable bonds is 4. The number of benzene rings is 2. The van der Waals surface area contributed by atoms with Gasteiger partial charge in [0, 0.05) is 18.0 Å². The predicted octanol–water partition coefficient (Wildman–Crippen LogP) is 3.17. The number of carbonyl (C=O) groups is 1. The van der Waals surface area contributed by atoms with Crippen molar-refractivity contribution in [3.05, 3.63) is 94.4 Å². The minimum atomic E-state index is -0.469. The van der Waals surface area contributed by atoms with Crippen molar-refractivity contribution >= 4 is 17.3 Å². The van der Waals surface area contributed by atoms with Crippen LogP contribution in [0.15, 0.2) is 77.7 Å². The fourth-order valence-electron chi connectivity index (χ4n) is 2.34. The van der Waals surface area contributed by atoms with Crippen molar-refractivity contribution in [1.29, 1.82) is 0 Å². The highest BCUT2D eigenvalue weighted by atomic mass is 16.2. The molecule has 1 heterocycles. The number of pyridine rings is 1. The van der Waals surface area contributed by atoms with Crippen LogP contribution in [0, 0.1) is 6.92 Å². The predicted molar refractivity (Wildman–Crippen MR) is 94.3 cm³/mol. The van der Waals surface area contributed by atoms with Gasteiger partial charge in [-0.25, -0.2) is 0 Å². The van der Waals surface area contributed by atoms with Crippen LogP contribution in [-0.4, -0.2) is 10.9 Å². The van der Waals surface area contributed by atoms with E-state index in [9.17, 15) is 9.59 Å². The molecule has 3 aromatic rings. The Labute approximate surface area is 139 Å². The van der Waals surface area contributed by atoms with Crippen LogP contribution in [0.4, 0.5) is 11.4 Å². The molecule has 0 spiro atoms. The number of hydrogen-bond donors (Lipinski definition) is 2. The van der Waals surface area contributed by atoms with Gasteiger partial charge in [0.1, 0.15) is 5.56 Å². The minimum absolute atomic E-state index is 0.0671. The van der Waals surface area contributed by atoms with Crippen LogP contribution in [0.25, 0.3) is 0 Å². The van der Waals surface area contributed by atoms with E-state index in [1.165, 1.54) is 12.3 Å². The molecule has 0 fully saturated rings. The fraction of sp³-hybridized carbons (Fsp3) is 0.0526. The Morgan fingerprint density at radius 2 is 1.50 bits per heavy atom. The van der Waals surface area contributed by atoms with Gasteiger partial charge < -0.3 is 4.98 Å². The summed E-state index contributed by atoms with van der Waals surface area (Å²) in [5, 5.41) is 1.65. The Morgan fingerprint density at radius 3 is 2.00 bits per heavy atom. The molecule has 1 amide bonds. The molecule has 0 aliphatic rings. The number of aryl methyl sites for hydroxylation is 1. The summed E-state index contributed by atoms with van der Waals surface area (Å²) in [7, 11) is 0. The van der Waals surface area contributed by atoms with Gasteiger partial charge in [0.25, 0.3) is 5.91 Å². The number of aromatic nitrogens is 1. The second kappa shape index (κ2) is 6.83. The average Bonchev–Trinajstić information content (AvgIpc) is 2.61. The molecule has 1 aromatic heterocycles. The van der Waals surface area contributed by atoms with E-state index in [-0.39, 0.29) is 11.0 Å². The number of amides is 1. The van der Waals surface area contributed by atoms with Crippen molar-refractivity contribution in [1.82, 2.24) is 10.4 Å². The van der Waals surface area contributed by atoms with Crippen LogP contribution in [0.3, 0.4) is 0 Å². The van der Waals surface area contributed by atoms with E-state index in [2.05, 4.69) is 10.4 Å². The molecule has 2 N–H and O–H groups in total. The Morgan fingerprint density at radius 1 is 0.958 bits per heavy atom. The summed E-state index contributed by atoms with van der Waals surface area (Å²) in [6.07, 6.45) is 1.43. The second-order valence-corrected chi connectivity index (χ2v) is 5.34. The SMILES string of the molecule is Cc1cc(=O)c(C(=O)NN(c2ccccc2)c2ccccc2)c[nH]1. The van der Waals surface area contributed by atoms with Crippen molar-refractivity contribution in [2.24, 2.45) is 0 Å². The van der Waals surface area contributed by atoms with E-state index in [1.807, 2.05) is 60.7 Å². The van der Waals surface area contributed by atoms with Crippen molar-refractivity contribution in [3.63, 3.8) is 0 Å². The number of H-pyrrole nitrogens is 1. The van der Waals surface area contributed by atoms with E-state index in [4.69, 9.17) is 0 Å². The maximum atomic E-state index is 12.6. The van der Waals surface area contributed by atoms with Crippen molar-refractivity contribution in [3.8, 4) is 0 Å². The van der Waals surface area contributed by atoms with Crippen LogP contribution in [0.2, 0.25) is 0 Å². The van der Waals surface area contributed by atoms with Gasteiger partial charge in [0.15, 0.2) is 5.43 Å². The van der Waals surface area contributed by atoms with Gasteiger partial charge >= 0.3 is 0 Å². The lowest BCUT2D eigenvalue weighted by atomic mass is 10.2. The highest BCUT2D eigenvalue weighted by Gasteiger charge is 2.16. The fourth-order valence-corrected chi connectivity index (χ4v) is 2.34. The number of hydrogen-bond acceptors (Lipinski definition) is 3. The Kier molecular flexibility index (Phi) is 4.43. The van der Waals surface area contributed by atoms with Crippen LogP contribution < -0.4 is 15.9 Å². The molecule has 0 atom stereocenters. The highest BCUT2D eigenvalue weighted by Crippen LogP contribution is 2.22. The molecule has 0 aliphatic carbocycles. The van der Waals surface area contributed by atoms with Crippen LogP contribution in [0.5, 0.6) is 0 Å². The third-order valence-corrected chi connectivity index (χ3v) is 3.54. The Hall–Kier alpha value is -3.34. The summed E-state index contributed by atoms with van der Waals surface area (Å²) in [5.41, 5.74) is 4.85. The van der Waals surface area contributed by atoms with Crippen molar-refractivity contribution in [2.45, 2.75) is 6.92 Å². The van der Waals surface area contributed by atoms with Crippen LogP contribution >= 0.6 is 0 Å². The number of aromatic amines is 1. The first-order valence-electron chi connectivity index (χ1n) is 7.56. The lowest BCUT2D eigenvalue weighted by Crippen LogP contribution is -2.40. The molecule has 120 valence electrons. The largest absolute Gasteiger partial charge is 0.364 e. The molecule has 24 heavy (non-hydrogen) atoms. The molecule has 0 saturated carbocycles. The third kappa shape index (κ3) is 3.35. The molecular weight excluding hydrogens is 302 g/mol. The van der Waals surface area contributed by atoms with Gasteiger partial charge in [0.05, 0.1) is 11.4 Å². The first kappa shape index (κ1) is 15.6. The van der Waals surface area contributed by atoms with Crippen LogP contribution in [-0.2, 0) is 0 Å². The number of hydrazine groups is 1. The molecule has 5 nitrogen and oxygen atoms in total. The summed E-state index contributed by atoms with van der Waals surface area (Å²) in [6.45, 7) is 1.77. The second-order valence-electron chi connectivity index (χ2n) is 5.34. The maximum absolute atomic E-state index is 12.6.